The fourth-order valence-electron chi connectivity index (χ4n) is 2.75. The summed E-state index contributed by atoms with van der Waals surface area (Å²) in [6.45, 7) is 8.13. The van der Waals surface area contributed by atoms with E-state index in [0.29, 0.717) is 12.1 Å². The summed E-state index contributed by atoms with van der Waals surface area (Å²) in [6, 6.07) is 19.8. The number of carbonyl (C=O) groups excluding carboxylic acids is 1. The molecule has 0 aliphatic rings. The smallest absolute Gasteiger partial charge is 0.251 e. The quantitative estimate of drug-likeness (QED) is 0.425. The Morgan fingerprint density at radius 3 is 2.16 bits per heavy atom. The van der Waals surface area contributed by atoms with Gasteiger partial charge in [0.05, 0.1) is 0 Å². The second-order valence-electron chi connectivity index (χ2n) is 5.97. The molecule has 2 aromatic carbocycles. The van der Waals surface area contributed by atoms with Gasteiger partial charge >= 0.3 is 0 Å². The van der Waals surface area contributed by atoms with Gasteiger partial charge in [-0.3, -0.25) is 4.79 Å². The van der Waals surface area contributed by atoms with E-state index in [0.717, 1.165) is 37.2 Å². The monoisotopic (exact) mass is 336 g/mol. The molecule has 2 aromatic rings. The Morgan fingerprint density at radius 1 is 0.960 bits per heavy atom. The fraction of sp³-hybridized carbons (Fsp3) is 0.318. The van der Waals surface area contributed by atoms with Crippen LogP contribution in [0.1, 0.15) is 31.4 Å². The van der Waals surface area contributed by atoms with Gasteiger partial charge in [-0.2, -0.15) is 0 Å². The van der Waals surface area contributed by atoms with Crippen LogP contribution < -0.4 is 5.32 Å². The first kappa shape index (κ1) is 18.9. The Kier molecular flexibility index (Phi) is 7.93. The SMILES string of the molecule is CCN(CC)CCCNC(=O)C(=Cc1ccccc1)c1ccccc1. The molecule has 0 radical (unpaired) electrons. The largest absolute Gasteiger partial charge is 0.352 e. The minimum absolute atomic E-state index is 0.0189. The van der Waals surface area contributed by atoms with E-state index in [4.69, 9.17) is 0 Å². The topological polar surface area (TPSA) is 32.3 Å². The maximum Gasteiger partial charge on any atom is 0.251 e. The zero-order valence-corrected chi connectivity index (χ0v) is 15.2. The zero-order chi connectivity index (χ0) is 17.9. The molecular formula is C22H28N2O. The van der Waals surface area contributed by atoms with E-state index < -0.39 is 0 Å². The standard InChI is InChI=1S/C22H28N2O/c1-3-24(4-2)17-11-16-23-22(25)21(20-14-9-6-10-15-20)18-19-12-7-5-8-13-19/h5-10,12-15,18H,3-4,11,16-17H2,1-2H3,(H,23,25). The summed E-state index contributed by atoms with van der Waals surface area (Å²) >= 11 is 0. The summed E-state index contributed by atoms with van der Waals surface area (Å²) in [4.78, 5) is 15.1. The highest BCUT2D eigenvalue weighted by atomic mass is 16.1. The predicted molar refractivity (Wildman–Crippen MR) is 106 cm³/mol. The molecule has 0 bridgehead atoms. The van der Waals surface area contributed by atoms with Crippen LogP contribution in [0.15, 0.2) is 60.7 Å². The number of nitrogens with zero attached hydrogens (tertiary/aromatic N) is 1. The van der Waals surface area contributed by atoms with Crippen LogP contribution in [0, 0.1) is 0 Å². The third-order valence-electron chi connectivity index (χ3n) is 4.27. The lowest BCUT2D eigenvalue weighted by Crippen LogP contribution is -2.30. The summed E-state index contributed by atoms with van der Waals surface area (Å²) in [7, 11) is 0. The number of hydrogen-bond acceptors (Lipinski definition) is 2. The van der Waals surface area contributed by atoms with E-state index >= 15 is 0 Å². The zero-order valence-electron chi connectivity index (χ0n) is 15.2. The van der Waals surface area contributed by atoms with E-state index in [1.165, 1.54) is 0 Å². The van der Waals surface area contributed by atoms with E-state index in [1.54, 1.807) is 0 Å². The molecule has 0 unspecified atom stereocenters. The fourth-order valence-corrected chi connectivity index (χ4v) is 2.75. The Bertz CT molecular complexity index is 661. The number of carbonyl (C=O) groups is 1. The summed E-state index contributed by atoms with van der Waals surface area (Å²) < 4.78 is 0. The first-order valence-electron chi connectivity index (χ1n) is 9.07. The van der Waals surface area contributed by atoms with E-state index in [1.807, 2.05) is 66.7 Å². The number of hydrogen-bond donors (Lipinski definition) is 1. The number of nitrogens with one attached hydrogen (secondary N) is 1. The molecule has 132 valence electrons. The highest BCUT2D eigenvalue weighted by molar-refractivity contribution is 6.24. The molecule has 0 spiro atoms. The van der Waals surface area contributed by atoms with Crippen molar-refractivity contribution in [1.29, 1.82) is 0 Å². The second-order valence-corrected chi connectivity index (χ2v) is 5.97. The van der Waals surface area contributed by atoms with Crippen molar-refractivity contribution < 1.29 is 4.79 Å². The van der Waals surface area contributed by atoms with Crippen molar-refractivity contribution >= 4 is 17.6 Å². The van der Waals surface area contributed by atoms with Crippen molar-refractivity contribution in [2.45, 2.75) is 20.3 Å². The molecule has 0 saturated heterocycles. The Labute approximate surface area is 151 Å². The van der Waals surface area contributed by atoms with Crippen molar-refractivity contribution in [3.05, 3.63) is 71.8 Å². The van der Waals surface area contributed by atoms with Crippen molar-refractivity contribution in [3.8, 4) is 0 Å². The van der Waals surface area contributed by atoms with E-state index in [9.17, 15) is 4.79 Å². The minimum Gasteiger partial charge on any atom is -0.352 e. The summed E-state index contributed by atoms with van der Waals surface area (Å²) in [5.74, 6) is -0.0189. The molecule has 3 nitrogen and oxygen atoms in total. The minimum atomic E-state index is -0.0189. The number of rotatable bonds is 9. The summed E-state index contributed by atoms with van der Waals surface area (Å²) in [5, 5.41) is 3.07. The van der Waals surface area contributed by atoms with Gasteiger partial charge in [-0.05, 0) is 43.3 Å². The first-order valence-corrected chi connectivity index (χ1v) is 9.07. The molecule has 1 amide bonds. The molecule has 0 aromatic heterocycles. The Hall–Kier alpha value is -2.39. The average Bonchev–Trinajstić information content (AvgIpc) is 2.67. The van der Waals surface area contributed by atoms with Gasteiger partial charge in [0.1, 0.15) is 0 Å². The molecule has 0 atom stereocenters. The van der Waals surface area contributed by atoms with Gasteiger partial charge in [-0.25, -0.2) is 0 Å². The molecular weight excluding hydrogens is 308 g/mol. The van der Waals surface area contributed by atoms with Gasteiger partial charge in [0.2, 0.25) is 0 Å². The van der Waals surface area contributed by atoms with Crippen molar-refractivity contribution in [2.75, 3.05) is 26.2 Å². The molecule has 0 aliphatic carbocycles. The van der Waals surface area contributed by atoms with Crippen LogP contribution in [0.3, 0.4) is 0 Å². The van der Waals surface area contributed by atoms with Crippen molar-refractivity contribution in [3.63, 3.8) is 0 Å². The van der Waals surface area contributed by atoms with Gasteiger partial charge in [0, 0.05) is 12.1 Å². The predicted octanol–water partition coefficient (Wildman–Crippen LogP) is 4.08. The van der Waals surface area contributed by atoms with Crippen LogP contribution in [0.25, 0.3) is 11.6 Å². The van der Waals surface area contributed by atoms with Crippen LogP contribution in [0.2, 0.25) is 0 Å². The van der Waals surface area contributed by atoms with Gasteiger partial charge < -0.3 is 10.2 Å². The van der Waals surface area contributed by atoms with Gasteiger partial charge in [0.15, 0.2) is 0 Å². The third kappa shape index (κ3) is 6.20. The summed E-state index contributed by atoms with van der Waals surface area (Å²) in [5.41, 5.74) is 2.67. The molecule has 1 N–H and O–H groups in total. The highest BCUT2D eigenvalue weighted by Gasteiger charge is 2.11. The molecule has 0 heterocycles. The number of benzene rings is 2. The molecule has 25 heavy (non-hydrogen) atoms. The van der Waals surface area contributed by atoms with Gasteiger partial charge in [0.25, 0.3) is 5.91 Å². The first-order chi connectivity index (χ1) is 12.2. The molecule has 2 rings (SSSR count). The third-order valence-corrected chi connectivity index (χ3v) is 4.27. The molecule has 3 heteroatoms. The molecule has 0 aliphatic heterocycles. The summed E-state index contributed by atoms with van der Waals surface area (Å²) in [6.07, 6.45) is 2.91. The normalized spacial score (nSPS) is 11.6. The average molecular weight is 336 g/mol. The lowest BCUT2D eigenvalue weighted by atomic mass is 10.0. The lowest BCUT2D eigenvalue weighted by molar-refractivity contribution is -0.115. The van der Waals surface area contributed by atoms with E-state index in [-0.39, 0.29) is 5.91 Å². The highest BCUT2D eigenvalue weighted by Crippen LogP contribution is 2.18. The molecule has 0 saturated carbocycles. The van der Waals surface area contributed by atoms with Gasteiger partial charge in [-0.15, -0.1) is 0 Å². The second kappa shape index (κ2) is 10.5. The maximum absolute atomic E-state index is 12.7. The van der Waals surface area contributed by atoms with Crippen LogP contribution in [0.5, 0.6) is 0 Å². The van der Waals surface area contributed by atoms with Gasteiger partial charge in [-0.1, -0.05) is 74.5 Å². The number of amides is 1. The Balaban J connectivity index is 2.05. The molecule has 0 fully saturated rings. The van der Waals surface area contributed by atoms with Crippen molar-refractivity contribution in [2.24, 2.45) is 0 Å². The lowest BCUT2D eigenvalue weighted by Gasteiger charge is -2.18. The maximum atomic E-state index is 12.7. The van der Waals surface area contributed by atoms with Crippen molar-refractivity contribution in [1.82, 2.24) is 10.2 Å². The van der Waals surface area contributed by atoms with Crippen LogP contribution in [-0.4, -0.2) is 37.0 Å². The Morgan fingerprint density at radius 2 is 1.56 bits per heavy atom. The van der Waals surface area contributed by atoms with Crippen LogP contribution in [0.4, 0.5) is 0 Å². The van der Waals surface area contributed by atoms with Crippen LogP contribution >= 0.6 is 0 Å². The van der Waals surface area contributed by atoms with E-state index in [2.05, 4.69) is 24.1 Å². The van der Waals surface area contributed by atoms with Crippen LogP contribution in [-0.2, 0) is 4.79 Å².